The molecule has 3 heterocycles. The lowest BCUT2D eigenvalue weighted by Crippen LogP contribution is -2.38. The lowest BCUT2D eigenvalue weighted by molar-refractivity contribution is 0.0701. The zero-order chi connectivity index (χ0) is 17.2. The second-order valence-electron chi connectivity index (χ2n) is 6.48. The van der Waals surface area contributed by atoms with E-state index in [1.807, 2.05) is 23.1 Å². The van der Waals surface area contributed by atoms with E-state index in [1.165, 1.54) is 0 Å². The van der Waals surface area contributed by atoms with Crippen LogP contribution in [-0.4, -0.2) is 43.9 Å². The van der Waals surface area contributed by atoms with E-state index in [0.29, 0.717) is 11.6 Å². The molecule has 0 bridgehead atoms. The molecule has 1 aliphatic heterocycles. The lowest BCUT2D eigenvalue weighted by atomic mass is 9.93. The second-order valence-corrected chi connectivity index (χ2v) is 6.48. The number of benzene rings is 1. The van der Waals surface area contributed by atoms with Crippen molar-refractivity contribution in [2.75, 3.05) is 13.1 Å². The predicted molar refractivity (Wildman–Crippen MR) is 95.1 cm³/mol. The number of piperidine rings is 1. The molecule has 0 aliphatic carbocycles. The van der Waals surface area contributed by atoms with Gasteiger partial charge in [0, 0.05) is 43.5 Å². The standard InChI is InChI=1S/C19H21N5O/c1-23-18(7-10-20-23)19(25)24-11-8-15(9-12-24)17-13-16(21-22-17)14-5-3-2-4-6-14/h2-7,10,13,15H,8-9,11-12H2,1H3,(H,21,22). The first kappa shape index (κ1) is 15.6. The number of aromatic nitrogens is 4. The Balaban J connectivity index is 1.42. The number of carbonyl (C=O) groups is 1. The van der Waals surface area contributed by atoms with Gasteiger partial charge in [-0.05, 0) is 25.0 Å². The number of hydrogen-bond donors (Lipinski definition) is 1. The Kier molecular flexibility index (Phi) is 4.09. The molecule has 0 saturated carbocycles. The van der Waals surface area contributed by atoms with Crippen LogP contribution in [0.4, 0.5) is 0 Å². The van der Waals surface area contributed by atoms with Crippen LogP contribution in [0.1, 0.15) is 34.9 Å². The topological polar surface area (TPSA) is 66.8 Å². The minimum Gasteiger partial charge on any atom is -0.337 e. The zero-order valence-electron chi connectivity index (χ0n) is 14.2. The fourth-order valence-electron chi connectivity index (χ4n) is 3.44. The molecule has 25 heavy (non-hydrogen) atoms. The fourth-order valence-corrected chi connectivity index (χ4v) is 3.44. The van der Waals surface area contributed by atoms with Crippen molar-refractivity contribution in [3.63, 3.8) is 0 Å². The number of rotatable bonds is 3. The van der Waals surface area contributed by atoms with Gasteiger partial charge in [-0.2, -0.15) is 10.2 Å². The van der Waals surface area contributed by atoms with E-state index in [9.17, 15) is 4.79 Å². The third-order valence-corrected chi connectivity index (χ3v) is 4.93. The number of nitrogens with one attached hydrogen (secondary N) is 1. The Bertz CT molecular complexity index is 859. The molecular weight excluding hydrogens is 314 g/mol. The summed E-state index contributed by atoms with van der Waals surface area (Å²) in [5, 5.41) is 11.7. The third kappa shape index (κ3) is 3.07. The fraction of sp³-hybridized carbons (Fsp3) is 0.316. The van der Waals surface area contributed by atoms with Crippen molar-refractivity contribution >= 4 is 5.91 Å². The molecule has 6 heteroatoms. The number of likely N-dealkylation sites (tertiary alicyclic amines) is 1. The number of aromatic amines is 1. The van der Waals surface area contributed by atoms with Crippen LogP contribution in [0.15, 0.2) is 48.7 Å². The minimum absolute atomic E-state index is 0.0630. The van der Waals surface area contributed by atoms with Gasteiger partial charge in [-0.25, -0.2) is 0 Å². The molecule has 4 rings (SSSR count). The Morgan fingerprint density at radius 1 is 1.16 bits per heavy atom. The number of amides is 1. The highest BCUT2D eigenvalue weighted by atomic mass is 16.2. The predicted octanol–water partition coefficient (Wildman–Crippen LogP) is 2.83. The van der Waals surface area contributed by atoms with Crippen molar-refractivity contribution in [2.45, 2.75) is 18.8 Å². The first-order chi connectivity index (χ1) is 12.2. The van der Waals surface area contributed by atoms with Crippen LogP contribution in [0.5, 0.6) is 0 Å². The van der Waals surface area contributed by atoms with Crippen LogP contribution in [0, 0.1) is 0 Å². The van der Waals surface area contributed by atoms with Gasteiger partial charge in [-0.3, -0.25) is 14.6 Å². The lowest BCUT2D eigenvalue weighted by Gasteiger charge is -2.31. The maximum absolute atomic E-state index is 12.6. The van der Waals surface area contributed by atoms with Gasteiger partial charge in [0.05, 0.1) is 5.69 Å². The summed E-state index contributed by atoms with van der Waals surface area (Å²) < 4.78 is 1.63. The molecule has 0 atom stereocenters. The van der Waals surface area contributed by atoms with Crippen LogP contribution in [-0.2, 0) is 7.05 Å². The van der Waals surface area contributed by atoms with Crippen molar-refractivity contribution in [1.82, 2.24) is 24.9 Å². The van der Waals surface area contributed by atoms with Gasteiger partial charge < -0.3 is 4.90 Å². The molecule has 2 aromatic heterocycles. The van der Waals surface area contributed by atoms with E-state index in [4.69, 9.17) is 0 Å². The van der Waals surface area contributed by atoms with Gasteiger partial charge >= 0.3 is 0 Å². The highest BCUT2D eigenvalue weighted by Crippen LogP contribution is 2.29. The molecule has 1 aliphatic rings. The van der Waals surface area contributed by atoms with Crippen molar-refractivity contribution in [3.8, 4) is 11.3 Å². The Hall–Kier alpha value is -2.89. The molecule has 1 saturated heterocycles. The van der Waals surface area contributed by atoms with Crippen molar-refractivity contribution in [1.29, 1.82) is 0 Å². The molecule has 1 amide bonds. The van der Waals surface area contributed by atoms with Gasteiger partial charge in [0.15, 0.2) is 0 Å². The highest BCUT2D eigenvalue weighted by molar-refractivity contribution is 5.92. The first-order valence-electron chi connectivity index (χ1n) is 8.60. The van der Waals surface area contributed by atoms with Crippen LogP contribution in [0.25, 0.3) is 11.3 Å². The normalized spacial score (nSPS) is 15.5. The SMILES string of the molecule is Cn1nccc1C(=O)N1CCC(c2cc(-c3ccccc3)n[nH]2)CC1. The Labute approximate surface area is 146 Å². The van der Waals surface area contributed by atoms with Crippen LogP contribution in [0.3, 0.4) is 0 Å². The number of carbonyl (C=O) groups excluding carboxylic acids is 1. The van der Waals surface area contributed by atoms with Crippen molar-refractivity contribution < 1.29 is 4.79 Å². The second kappa shape index (κ2) is 6.55. The van der Waals surface area contributed by atoms with Gasteiger partial charge in [-0.15, -0.1) is 0 Å². The van der Waals surface area contributed by atoms with E-state index >= 15 is 0 Å². The maximum atomic E-state index is 12.6. The van der Waals surface area contributed by atoms with Crippen molar-refractivity contribution in [3.05, 3.63) is 60.0 Å². The number of nitrogens with zero attached hydrogens (tertiary/aromatic N) is 4. The Morgan fingerprint density at radius 2 is 1.92 bits per heavy atom. The minimum atomic E-state index is 0.0630. The van der Waals surface area contributed by atoms with Crippen LogP contribution in [0.2, 0.25) is 0 Å². The summed E-state index contributed by atoms with van der Waals surface area (Å²) in [6.45, 7) is 1.52. The average molecular weight is 335 g/mol. The summed E-state index contributed by atoms with van der Waals surface area (Å²) >= 11 is 0. The molecule has 1 aromatic carbocycles. The monoisotopic (exact) mass is 335 g/mol. The summed E-state index contributed by atoms with van der Waals surface area (Å²) in [5.41, 5.74) is 3.90. The zero-order valence-corrected chi connectivity index (χ0v) is 14.2. The maximum Gasteiger partial charge on any atom is 0.272 e. The molecule has 1 fully saturated rings. The number of aryl methyl sites for hydroxylation is 1. The van der Waals surface area contributed by atoms with E-state index in [0.717, 1.165) is 42.9 Å². The van der Waals surface area contributed by atoms with Gasteiger partial charge in [0.25, 0.3) is 5.91 Å². The molecular formula is C19H21N5O. The molecule has 1 N–H and O–H groups in total. The summed E-state index contributed by atoms with van der Waals surface area (Å²) in [6, 6.07) is 14.1. The molecule has 0 spiro atoms. The van der Waals surface area contributed by atoms with Crippen LogP contribution >= 0.6 is 0 Å². The largest absolute Gasteiger partial charge is 0.337 e. The summed E-state index contributed by atoms with van der Waals surface area (Å²) in [7, 11) is 1.80. The van der Waals surface area contributed by atoms with E-state index < -0.39 is 0 Å². The van der Waals surface area contributed by atoms with Gasteiger partial charge in [0.1, 0.15) is 5.69 Å². The highest BCUT2D eigenvalue weighted by Gasteiger charge is 2.26. The molecule has 6 nitrogen and oxygen atoms in total. The van der Waals surface area contributed by atoms with E-state index in [-0.39, 0.29) is 5.91 Å². The smallest absolute Gasteiger partial charge is 0.272 e. The molecule has 0 unspecified atom stereocenters. The van der Waals surface area contributed by atoms with Gasteiger partial charge in [0.2, 0.25) is 0 Å². The summed E-state index contributed by atoms with van der Waals surface area (Å²) in [6.07, 6.45) is 3.55. The molecule has 128 valence electrons. The third-order valence-electron chi connectivity index (χ3n) is 4.93. The van der Waals surface area contributed by atoms with E-state index in [1.54, 1.807) is 24.0 Å². The summed E-state index contributed by atoms with van der Waals surface area (Å²) in [5.74, 6) is 0.480. The molecule has 3 aromatic rings. The number of hydrogen-bond acceptors (Lipinski definition) is 3. The first-order valence-corrected chi connectivity index (χ1v) is 8.60. The van der Waals surface area contributed by atoms with Crippen molar-refractivity contribution in [2.24, 2.45) is 7.05 Å². The Morgan fingerprint density at radius 3 is 2.60 bits per heavy atom. The quantitative estimate of drug-likeness (QED) is 0.800. The van der Waals surface area contributed by atoms with Crippen LogP contribution < -0.4 is 0 Å². The summed E-state index contributed by atoms with van der Waals surface area (Å²) in [4.78, 5) is 14.5. The van der Waals surface area contributed by atoms with Gasteiger partial charge in [-0.1, -0.05) is 30.3 Å². The number of H-pyrrole nitrogens is 1. The molecule has 0 radical (unpaired) electrons. The van der Waals surface area contributed by atoms with E-state index in [2.05, 4.69) is 33.5 Å². The average Bonchev–Trinajstić information content (AvgIpc) is 3.31.